The van der Waals surface area contributed by atoms with Gasteiger partial charge in [-0.2, -0.15) is 5.10 Å². The molecule has 1 N–H and O–H groups in total. The minimum Gasteiger partial charge on any atom is -0.497 e. The van der Waals surface area contributed by atoms with Crippen molar-refractivity contribution in [2.45, 2.75) is 19.9 Å². The van der Waals surface area contributed by atoms with E-state index in [1.165, 1.54) is 12.1 Å². The Morgan fingerprint density at radius 3 is 2.50 bits per heavy atom. The molecular weight excluding hydrogens is 457 g/mol. The van der Waals surface area contributed by atoms with Crippen molar-refractivity contribution >= 4 is 11.5 Å². The van der Waals surface area contributed by atoms with Crippen LogP contribution in [0.3, 0.4) is 0 Å². The molecule has 7 nitrogen and oxygen atoms in total. The molecule has 0 radical (unpaired) electrons. The largest absolute Gasteiger partial charge is 0.497 e. The van der Waals surface area contributed by atoms with E-state index in [0.29, 0.717) is 53.0 Å². The summed E-state index contributed by atoms with van der Waals surface area (Å²) in [5.41, 5.74) is 4.71. The summed E-state index contributed by atoms with van der Waals surface area (Å²) in [6, 6.07) is 22.1. The van der Waals surface area contributed by atoms with Crippen molar-refractivity contribution in [1.29, 1.82) is 0 Å². The van der Waals surface area contributed by atoms with E-state index in [1.54, 1.807) is 24.8 Å². The van der Waals surface area contributed by atoms with E-state index in [1.807, 2.05) is 61.5 Å². The van der Waals surface area contributed by atoms with Crippen LogP contribution >= 0.6 is 0 Å². The molecule has 0 fully saturated rings. The normalized spacial score (nSPS) is 11.0. The molecule has 0 aliphatic rings. The van der Waals surface area contributed by atoms with Gasteiger partial charge in [-0.1, -0.05) is 42.5 Å². The molecule has 0 spiro atoms. The first kappa shape index (κ1) is 23.3. The van der Waals surface area contributed by atoms with Gasteiger partial charge in [-0.05, 0) is 36.8 Å². The highest BCUT2D eigenvalue weighted by atomic mass is 19.1. The lowest BCUT2D eigenvalue weighted by Crippen LogP contribution is -2.09. The van der Waals surface area contributed by atoms with Gasteiger partial charge in [-0.25, -0.2) is 18.9 Å². The van der Waals surface area contributed by atoms with Crippen molar-refractivity contribution in [3.63, 3.8) is 0 Å². The van der Waals surface area contributed by atoms with E-state index in [2.05, 4.69) is 5.32 Å². The number of benzene rings is 3. The molecule has 0 amide bonds. The summed E-state index contributed by atoms with van der Waals surface area (Å²) in [7, 11) is 3.24. The van der Waals surface area contributed by atoms with Crippen LogP contribution in [0.5, 0.6) is 11.5 Å². The number of nitrogens with zero attached hydrogens (tertiary/aromatic N) is 4. The Balaban J connectivity index is 1.57. The molecular formula is C28H26FN5O2. The first-order valence-electron chi connectivity index (χ1n) is 11.6. The lowest BCUT2D eigenvalue weighted by atomic mass is 10.1. The first-order valence-corrected chi connectivity index (χ1v) is 11.6. The van der Waals surface area contributed by atoms with Gasteiger partial charge in [0.05, 0.1) is 25.6 Å². The van der Waals surface area contributed by atoms with Gasteiger partial charge < -0.3 is 14.8 Å². The highest BCUT2D eigenvalue weighted by Crippen LogP contribution is 2.29. The molecule has 182 valence electrons. The topological polar surface area (TPSA) is 73.6 Å². The predicted molar refractivity (Wildman–Crippen MR) is 137 cm³/mol. The lowest BCUT2D eigenvalue weighted by Gasteiger charge is -2.14. The van der Waals surface area contributed by atoms with Crippen molar-refractivity contribution < 1.29 is 13.9 Å². The van der Waals surface area contributed by atoms with E-state index in [4.69, 9.17) is 24.5 Å². The van der Waals surface area contributed by atoms with E-state index in [-0.39, 0.29) is 5.82 Å². The smallest absolute Gasteiger partial charge is 0.198 e. The third-order valence-corrected chi connectivity index (χ3v) is 5.99. The number of hydrogen-bond donors (Lipinski definition) is 1. The molecule has 0 bridgehead atoms. The third-order valence-electron chi connectivity index (χ3n) is 5.99. The second-order valence-corrected chi connectivity index (χ2v) is 8.36. The molecule has 0 aliphatic carbocycles. The van der Waals surface area contributed by atoms with Gasteiger partial charge in [0.1, 0.15) is 17.3 Å². The minimum atomic E-state index is -0.324. The Hall–Kier alpha value is -4.46. The van der Waals surface area contributed by atoms with Crippen molar-refractivity contribution in [3.8, 4) is 22.8 Å². The monoisotopic (exact) mass is 483 g/mol. The number of fused-ring (bicyclic) bond motifs is 1. The van der Waals surface area contributed by atoms with Crippen molar-refractivity contribution in [1.82, 2.24) is 19.6 Å². The molecule has 0 atom stereocenters. The third kappa shape index (κ3) is 4.70. The zero-order valence-corrected chi connectivity index (χ0v) is 20.3. The van der Waals surface area contributed by atoms with Crippen LogP contribution in [-0.2, 0) is 13.0 Å². The Labute approximate surface area is 208 Å². The number of anilines is 1. The van der Waals surface area contributed by atoms with Crippen LogP contribution in [0.15, 0.2) is 72.8 Å². The van der Waals surface area contributed by atoms with Crippen molar-refractivity contribution in [3.05, 3.63) is 101 Å². The maximum Gasteiger partial charge on any atom is 0.198 e. The summed E-state index contributed by atoms with van der Waals surface area (Å²) in [6.07, 6.45) is 0.586. The molecule has 36 heavy (non-hydrogen) atoms. The maximum atomic E-state index is 14.1. The van der Waals surface area contributed by atoms with E-state index in [0.717, 1.165) is 16.8 Å². The quantitative estimate of drug-likeness (QED) is 0.316. The number of aryl methyl sites for hydroxylation is 1. The van der Waals surface area contributed by atoms with E-state index < -0.39 is 0 Å². The number of nitrogens with one attached hydrogen (secondary N) is 1. The highest BCUT2D eigenvalue weighted by molar-refractivity contribution is 5.71. The van der Waals surface area contributed by atoms with Crippen LogP contribution in [0.25, 0.3) is 16.9 Å². The van der Waals surface area contributed by atoms with Gasteiger partial charge >= 0.3 is 0 Å². The maximum absolute atomic E-state index is 14.1. The molecule has 0 aliphatic heterocycles. The Kier molecular flexibility index (Phi) is 6.49. The van der Waals surface area contributed by atoms with Crippen LogP contribution in [-0.4, -0.2) is 33.8 Å². The number of ether oxygens (including phenoxy) is 2. The molecule has 8 heteroatoms. The zero-order chi connectivity index (χ0) is 25.1. The number of halogens is 1. The Bertz CT molecular complexity index is 1520. The van der Waals surface area contributed by atoms with Gasteiger partial charge in [-0.15, -0.1) is 0 Å². The molecule has 3 aromatic carbocycles. The average molecular weight is 484 g/mol. The predicted octanol–water partition coefficient (Wildman–Crippen LogP) is 5.46. The lowest BCUT2D eigenvalue weighted by molar-refractivity contribution is 0.391. The number of methoxy groups -OCH3 is 2. The summed E-state index contributed by atoms with van der Waals surface area (Å²) in [5, 5.41) is 8.18. The molecule has 0 unspecified atom stereocenters. The number of hydrogen-bond acceptors (Lipinski definition) is 6. The fourth-order valence-corrected chi connectivity index (χ4v) is 4.14. The van der Waals surface area contributed by atoms with Crippen LogP contribution in [0.1, 0.15) is 22.6 Å². The summed E-state index contributed by atoms with van der Waals surface area (Å²) in [4.78, 5) is 9.67. The Morgan fingerprint density at radius 1 is 0.917 bits per heavy atom. The summed E-state index contributed by atoms with van der Waals surface area (Å²) in [5.74, 6) is 2.30. The molecule has 5 rings (SSSR count). The van der Waals surface area contributed by atoms with E-state index >= 15 is 0 Å². The SMILES string of the molecule is COc1ccc(CNc2nc(-c3cccc(F)c3)c(C)n3nc(Cc4ccccc4)nc23)c(OC)c1. The first-order chi connectivity index (χ1) is 17.6. The molecule has 0 saturated heterocycles. The van der Waals surface area contributed by atoms with Gasteiger partial charge in [0, 0.05) is 30.2 Å². The fraction of sp³-hybridized carbons (Fsp3) is 0.179. The van der Waals surface area contributed by atoms with Crippen LogP contribution in [0, 0.1) is 12.7 Å². The summed E-state index contributed by atoms with van der Waals surface area (Å²) < 4.78 is 26.7. The minimum absolute atomic E-state index is 0.324. The van der Waals surface area contributed by atoms with Gasteiger partial charge in [-0.3, -0.25) is 0 Å². The average Bonchev–Trinajstić information content (AvgIpc) is 3.33. The van der Waals surface area contributed by atoms with Gasteiger partial charge in [0.25, 0.3) is 0 Å². The van der Waals surface area contributed by atoms with Crippen molar-refractivity contribution in [2.24, 2.45) is 0 Å². The van der Waals surface area contributed by atoms with Gasteiger partial charge in [0.2, 0.25) is 0 Å². The van der Waals surface area contributed by atoms with Crippen LogP contribution in [0.4, 0.5) is 10.2 Å². The van der Waals surface area contributed by atoms with Crippen LogP contribution in [0.2, 0.25) is 0 Å². The van der Waals surface area contributed by atoms with E-state index in [9.17, 15) is 4.39 Å². The number of aromatic nitrogens is 4. The molecule has 0 saturated carbocycles. The standard InChI is InChI=1S/C28H26FN5O2/c1-18-26(20-10-7-11-22(29)15-20)32-27(30-17-21-12-13-23(35-2)16-24(21)36-3)28-31-25(33-34(18)28)14-19-8-5-4-6-9-19/h4-13,15-16H,14,17H2,1-3H3,(H,30,32). The second-order valence-electron chi connectivity index (χ2n) is 8.36. The molecule has 5 aromatic rings. The summed E-state index contributed by atoms with van der Waals surface area (Å²) in [6.45, 7) is 2.35. The second kappa shape index (κ2) is 10.0. The molecule has 2 aromatic heterocycles. The molecule has 2 heterocycles. The highest BCUT2D eigenvalue weighted by Gasteiger charge is 2.18. The van der Waals surface area contributed by atoms with Gasteiger partial charge in [0.15, 0.2) is 17.3 Å². The number of rotatable bonds is 8. The van der Waals surface area contributed by atoms with Crippen LogP contribution < -0.4 is 14.8 Å². The zero-order valence-electron chi connectivity index (χ0n) is 20.3. The summed E-state index contributed by atoms with van der Waals surface area (Å²) >= 11 is 0. The van der Waals surface area contributed by atoms with Crippen molar-refractivity contribution in [2.75, 3.05) is 19.5 Å². The Morgan fingerprint density at radius 2 is 1.75 bits per heavy atom. The fourth-order valence-electron chi connectivity index (χ4n) is 4.14.